The molecular formula is C23H28N4O4. The van der Waals surface area contributed by atoms with Crippen LogP contribution < -0.4 is 20.3 Å². The zero-order valence-electron chi connectivity index (χ0n) is 17.4. The van der Waals surface area contributed by atoms with E-state index in [1.807, 2.05) is 30.3 Å². The van der Waals surface area contributed by atoms with E-state index in [0.717, 1.165) is 23.7 Å². The molecule has 4 rings (SSSR count). The van der Waals surface area contributed by atoms with E-state index >= 15 is 0 Å². The van der Waals surface area contributed by atoms with E-state index in [0.29, 0.717) is 37.6 Å². The first kappa shape index (κ1) is 21.0. The van der Waals surface area contributed by atoms with Crippen LogP contribution >= 0.6 is 0 Å². The first-order valence-electron chi connectivity index (χ1n) is 10.8. The van der Waals surface area contributed by atoms with Crippen LogP contribution in [0.5, 0.6) is 5.75 Å². The molecular weight excluding hydrogens is 396 g/mol. The molecule has 1 unspecified atom stereocenters. The fourth-order valence-corrected chi connectivity index (χ4v) is 3.75. The molecule has 0 saturated heterocycles. The summed E-state index contributed by atoms with van der Waals surface area (Å²) in [5.74, 6) is 1.23. The number of hydrogen-bond donors (Lipinski definition) is 3. The molecule has 1 aromatic carbocycles. The smallest absolute Gasteiger partial charge is 0.307 e. The third-order valence-corrected chi connectivity index (χ3v) is 5.43. The molecule has 0 radical (unpaired) electrons. The molecule has 1 atom stereocenters. The Hall–Kier alpha value is -3.29. The number of rotatable bonds is 10. The Kier molecular flexibility index (Phi) is 6.54. The lowest BCUT2D eigenvalue weighted by Gasteiger charge is -2.36. The molecule has 2 heterocycles. The SMILES string of the molecule is O=C(O)CC1CN(CC2CC2)c2cc(NC(=O)CCCNc3ccccn3)ccc2O1. The number of pyridine rings is 1. The van der Waals surface area contributed by atoms with Gasteiger partial charge in [-0.2, -0.15) is 0 Å². The maximum atomic E-state index is 12.4. The predicted octanol–water partition coefficient (Wildman–Crippen LogP) is 3.36. The molecule has 164 valence electrons. The summed E-state index contributed by atoms with van der Waals surface area (Å²) in [5, 5.41) is 15.3. The van der Waals surface area contributed by atoms with Crippen molar-refractivity contribution in [1.82, 2.24) is 4.98 Å². The maximum Gasteiger partial charge on any atom is 0.307 e. The predicted molar refractivity (Wildman–Crippen MR) is 119 cm³/mol. The second-order valence-electron chi connectivity index (χ2n) is 8.16. The van der Waals surface area contributed by atoms with Gasteiger partial charge in [-0.1, -0.05) is 6.07 Å². The summed E-state index contributed by atoms with van der Waals surface area (Å²) in [6, 6.07) is 11.2. The average Bonchev–Trinajstić information content (AvgIpc) is 3.56. The van der Waals surface area contributed by atoms with E-state index in [1.165, 1.54) is 12.8 Å². The summed E-state index contributed by atoms with van der Waals surface area (Å²) < 4.78 is 5.91. The van der Waals surface area contributed by atoms with Gasteiger partial charge < -0.3 is 25.4 Å². The molecule has 31 heavy (non-hydrogen) atoms. The third-order valence-electron chi connectivity index (χ3n) is 5.43. The Bertz CT molecular complexity index is 917. The number of aromatic nitrogens is 1. The number of nitrogens with zero attached hydrogens (tertiary/aromatic N) is 2. The van der Waals surface area contributed by atoms with E-state index in [9.17, 15) is 9.59 Å². The van der Waals surface area contributed by atoms with E-state index in [2.05, 4.69) is 20.5 Å². The molecule has 0 spiro atoms. The van der Waals surface area contributed by atoms with Crippen molar-refractivity contribution in [3.05, 3.63) is 42.6 Å². The van der Waals surface area contributed by atoms with Crippen molar-refractivity contribution >= 4 is 29.1 Å². The van der Waals surface area contributed by atoms with Crippen LogP contribution in [0, 0.1) is 5.92 Å². The molecule has 2 aliphatic rings. The number of nitrogens with one attached hydrogen (secondary N) is 2. The molecule has 1 fully saturated rings. The van der Waals surface area contributed by atoms with Gasteiger partial charge in [-0.15, -0.1) is 0 Å². The van der Waals surface area contributed by atoms with E-state index in [4.69, 9.17) is 9.84 Å². The lowest BCUT2D eigenvalue weighted by molar-refractivity contribution is -0.138. The van der Waals surface area contributed by atoms with Gasteiger partial charge in [-0.25, -0.2) is 4.98 Å². The summed E-state index contributed by atoms with van der Waals surface area (Å²) in [6.07, 6.45) is 4.85. The van der Waals surface area contributed by atoms with Crippen molar-refractivity contribution in [1.29, 1.82) is 0 Å². The first-order chi connectivity index (χ1) is 15.1. The first-order valence-corrected chi connectivity index (χ1v) is 10.8. The van der Waals surface area contributed by atoms with Gasteiger partial charge >= 0.3 is 5.97 Å². The largest absolute Gasteiger partial charge is 0.486 e. The maximum absolute atomic E-state index is 12.4. The fraction of sp³-hybridized carbons (Fsp3) is 0.435. The van der Waals surface area contributed by atoms with Crippen LogP contribution in [0.15, 0.2) is 42.6 Å². The molecule has 1 aliphatic carbocycles. The molecule has 1 aliphatic heterocycles. The number of amides is 1. The summed E-state index contributed by atoms with van der Waals surface area (Å²) in [6.45, 7) is 2.11. The number of ether oxygens (including phenoxy) is 1. The second-order valence-corrected chi connectivity index (χ2v) is 8.16. The van der Waals surface area contributed by atoms with Crippen LogP contribution in [0.2, 0.25) is 0 Å². The van der Waals surface area contributed by atoms with Gasteiger partial charge in [0.25, 0.3) is 0 Å². The average molecular weight is 425 g/mol. The van der Waals surface area contributed by atoms with Gasteiger partial charge in [-0.05, 0) is 55.5 Å². The van der Waals surface area contributed by atoms with Gasteiger partial charge in [0.2, 0.25) is 5.91 Å². The monoisotopic (exact) mass is 424 g/mol. The molecule has 0 bridgehead atoms. The lowest BCUT2D eigenvalue weighted by atomic mass is 10.1. The van der Waals surface area contributed by atoms with Gasteiger partial charge in [0.15, 0.2) is 0 Å². The molecule has 8 nitrogen and oxygen atoms in total. The van der Waals surface area contributed by atoms with Crippen molar-refractivity contribution < 1.29 is 19.4 Å². The van der Waals surface area contributed by atoms with Gasteiger partial charge in [-0.3, -0.25) is 9.59 Å². The number of carboxylic acids is 1. The van der Waals surface area contributed by atoms with E-state index in [1.54, 1.807) is 12.3 Å². The summed E-state index contributed by atoms with van der Waals surface area (Å²) in [7, 11) is 0. The highest BCUT2D eigenvalue weighted by molar-refractivity contribution is 5.91. The van der Waals surface area contributed by atoms with Crippen molar-refractivity contribution in [3.63, 3.8) is 0 Å². The normalized spacial score (nSPS) is 17.4. The van der Waals surface area contributed by atoms with Gasteiger partial charge in [0, 0.05) is 31.4 Å². The standard InChI is InChI=1S/C23H28N4O4/c28-22(5-3-11-25-21-4-1-2-10-24-21)26-17-8-9-20-19(12-17)27(14-16-6-7-16)15-18(31-20)13-23(29)30/h1-2,4,8-10,12,16,18H,3,5-7,11,13-15H2,(H,24,25)(H,26,28)(H,29,30). The topological polar surface area (TPSA) is 104 Å². The van der Waals surface area contributed by atoms with Crippen LogP contribution in [0.1, 0.15) is 32.1 Å². The molecule has 1 amide bonds. The molecule has 1 saturated carbocycles. The number of carboxylic acid groups (broad SMARTS) is 1. The number of anilines is 3. The van der Waals surface area contributed by atoms with Crippen LogP contribution in [-0.4, -0.2) is 47.7 Å². The molecule has 3 N–H and O–H groups in total. The van der Waals surface area contributed by atoms with Crippen LogP contribution in [0.25, 0.3) is 0 Å². The minimum absolute atomic E-state index is 0.0222. The van der Waals surface area contributed by atoms with E-state index in [-0.39, 0.29) is 18.4 Å². The quantitative estimate of drug-likeness (QED) is 0.503. The zero-order chi connectivity index (χ0) is 21.6. The number of fused-ring (bicyclic) bond motifs is 1. The molecule has 8 heteroatoms. The van der Waals surface area contributed by atoms with Crippen molar-refractivity contribution in [2.75, 3.05) is 35.2 Å². The Balaban J connectivity index is 1.33. The highest BCUT2D eigenvalue weighted by atomic mass is 16.5. The highest BCUT2D eigenvalue weighted by Gasteiger charge is 2.32. The van der Waals surface area contributed by atoms with Crippen LogP contribution in [0.4, 0.5) is 17.2 Å². The third kappa shape index (κ3) is 6.10. The number of carbonyl (C=O) groups is 2. The molecule has 2 aromatic rings. The van der Waals surface area contributed by atoms with Gasteiger partial charge in [0.1, 0.15) is 17.7 Å². The number of aliphatic carboxylic acids is 1. The Labute approximate surface area is 181 Å². The fourth-order valence-electron chi connectivity index (χ4n) is 3.75. The highest BCUT2D eigenvalue weighted by Crippen LogP contribution is 2.39. The van der Waals surface area contributed by atoms with Crippen LogP contribution in [-0.2, 0) is 9.59 Å². The second kappa shape index (κ2) is 9.68. The van der Waals surface area contributed by atoms with Gasteiger partial charge in [0.05, 0.1) is 18.7 Å². The molecule has 1 aromatic heterocycles. The van der Waals surface area contributed by atoms with Crippen LogP contribution in [0.3, 0.4) is 0 Å². The summed E-state index contributed by atoms with van der Waals surface area (Å²) in [4.78, 5) is 29.9. The minimum Gasteiger partial charge on any atom is -0.486 e. The number of carbonyl (C=O) groups excluding carboxylic acids is 1. The minimum atomic E-state index is -0.860. The van der Waals surface area contributed by atoms with Crippen molar-refractivity contribution in [3.8, 4) is 5.75 Å². The lowest BCUT2D eigenvalue weighted by Crippen LogP contribution is -2.42. The Morgan fingerprint density at radius 1 is 1.23 bits per heavy atom. The Morgan fingerprint density at radius 3 is 2.84 bits per heavy atom. The number of hydrogen-bond acceptors (Lipinski definition) is 6. The zero-order valence-corrected chi connectivity index (χ0v) is 17.4. The summed E-state index contributed by atoms with van der Waals surface area (Å²) >= 11 is 0. The number of benzene rings is 1. The summed E-state index contributed by atoms with van der Waals surface area (Å²) in [5.41, 5.74) is 1.64. The van der Waals surface area contributed by atoms with E-state index < -0.39 is 5.97 Å². The van der Waals surface area contributed by atoms with Crippen molar-refractivity contribution in [2.24, 2.45) is 5.92 Å². The van der Waals surface area contributed by atoms with Crippen molar-refractivity contribution in [2.45, 2.75) is 38.2 Å². The Morgan fingerprint density at radius 2 is 2.10 bits per heavy atom.